The highest BCUT2D eigenvalue weighted by Gasteiger charge is 2.31. The molecule has 0 radical (unpaired) electrons. The summed E-state index contributed by atoms with van der Waals surface area (Å²) >= 11 is 0. The summed E-state index contributed by atoms with van der Waals surface area (Å²) in [5, 5.41) is 3.19. The lowest BCUT2D eigenvalue weighted by atomic mass is 9.93. The Morgan fingerprint density at radius 3 is 2.40 bits per heavy atom. The van der Waals surface area contributed by atoms with E-state index in [4.69, 9.17) is 15.5 Å². The summed E-state index contributed by atoms with van der Waals surface area (Å²) in [5.74, 6) is 1.26. The second-order valence-electron chi connectivity index (χ2n) is 11.7. The van der Waals surface area contributed by atoms with E-state index in [1.165, 1.54) is 4.57 Å². The van der Waals surface area contributed by atoms with Crippen LogP contribution in [0.3, 0.4) is 0 Å². The number of nitrogens with one attached hydrogen (secondary N) is 1. The van der Waals surface area contributed by atoms with Crippen molar-refractivity contribution in [2.45, 2.75) is 51.1 Å². The number of nitrogens with two attached hydrogens (primary N) is 1. The van der Waals surface area contributed by atoms with Gasteiger partial charge in [-0.15, -0.1) is 0 Å². The number of aromatic nitrogens is 4. The smallest absolute Gasteiger partial charge is 0.296 e. The maximum Gasteiger partial charge on any atom is 0.296 e. The molecule has 1 atom stereocenters. The van der Waals surface area contributed by atoms with E-state index >= 15 is 0 Å². The number of carbonyl (C=O) groups is 1. The lowest BCUT2D eigenvalue weighted by Crippen LogP contribution is -2.51. The van der Waals surface area contributed by atoms with Crippen LogP contribution in [0.2, 0.25) is 0 Å². The molecule has 0 unspecified atom stereocenters. The molecule has 232 valence electrons. The zero-order valence-electron chi connectivity index (χ0n) is 24.7. The van der Waals surface area contributed by atoms with Crippen molar-refractivity contribution < 1.29 is 18.3 Å². The van der Waals surface area contributed by atoms with Gasteiger partial charge in [-0.25, -0.2) is 13.8 Å². The fourth-order valence-corrected chi connectivity index (χ4v) is 6.52. The minimum atomic E-state index is -2.80. The number of hydrogen-bond acceptors (Lipinski definition) is 9. The fraction of sp³-hybridized carbons (Fsp3) is 0.600. The van der Waals surface area contributed by atoms with Crippen LogP contribution in [0.4, 0.5) is 20.5 Å². The van der Waals surface area contributed by atoms with Crippen molar-refractivity contribution in [1.82, 2.24) is 29.3 Å². The van der Waals surface area contributed by atoms with E-state index in [9.17, 15) is 13.6 Å². The number of imidazole rings is 1. The quantitative estimate of drug-likeness (QED) is 0.404. The number of likely N-dealkylation sites (tertiary alicyclic amines) is 2. The molecule has 3 fully saturated rings. The van der Waals surface area contributed by atoms with Gasteiger partial charge in [0, 0.05) is 38.3 Å². The summed E-state index contributed by atoms with van der Waals surface area (Å²) < 4.78 is 35.3. The van der Waals surface area contributed by atoms with Crippen LogP contribution in [-0.2, 0) is 9.53 Å². The molecule has 0 spiro atoms. The van der Waals surface area contributed by atoms with Crippen molar-refractivity contribution in [2.24, 2.45) is 11.7 Å². The number of alkyl halides is 2. The van der Waals surface area contributed by atoms with Gasteiger partial charge in [-0.3, -0.25) is 9.36 Å². The zero-order valence-corrected chi connectivity index (χ0v) is 24.7. The second-order valence-corrected chi connectivity index (χ2v) is 11.7. The third-order valence-electron chi connectivity index (χ3n) is 9.04. The van der Waals surface area contributed by atoms with Crippen LogP contribution in [0.15, 0.2) is 30.3 Å². The van der Waals surface area contributed by atoms with E-state index in [1.54, 1.807) is 37.3 Å². The number of carbonyl (C=O) groups excluding carboxylic acids is 1. The Labute approximate surface area is 250 Å². The Morgan fingerprint density at radius 2 is 1.70 bits per heavy atom. The number of halogens is 2. The minimum absolute atomic E-state index is 0.0245. The molecule has 3 aliphatic rings. The average Bonchev–Trinajstić information content (AvgIpc) is 3.45. The highest BCUT2D eigenvalue weighted by atomic mass is 19.3. The standard InChI is InChI=1S/C30H41F2N9O2/c1-20(29(42)40-12-8-22(9-13-40)38-10-6-21(19-33)7-11-38)34-30-36-25(39-14-16-43-17-15-39)18-26(37-30)41-24-5-3-2-4-23(24)35-28(41)27(31)32/h2-5,18,20-22,27H,6-17,19,33H2,1H3,(H,34,36,37)/t20-/m0/s1. The normalized spacial score (nSPS) is 20.2. The molecule has 11 nitrogen and oxygen atoms in total. The summed E-state index contributed by atoms with van der Waals surface area (Å²) in [6.45, 7) is 8.41. The number of hydrogen-bond donors (Lipinski definition) is 2. The van der Waals surface area contributed by atoms with Crippen molar-refractivity contribution in [3.05, 3.63) is 36.2 Å². The molecule has 43 heavy (non-hydrogen) atoms. The first-order valence-corrected chi connectivity index (χ1v) is 15.4. The number of piperidine rings is 2. The predicted octanol–water partition coefficient (Wildman–Crippen LogP) is 3.05. The molecule has 0 saturated carbocycles. The van der Waals surface area contributed by atoms with Crippen molar-refractivity contribution >= 4 is 28.7 Å². The summed E-state index contributed by atoms with van der Waals surface area (Å²) in [4.78, 5) is 33.6. The van der Waals surface area contributed by atoms with E-state index in [1.807, 2.05) is 9.80 Å². The van der Waals surface area contributed by atoms with Crippen molar-refractivity contribution in [1.29, 1.82) is 0 Å². The van der Waals surface area contributed by atoms with Gasteiger partial charge in [-0.1, -0.05) is 12.1 Å². The van der Waals surface area contributed by atoms with Crippen molar-refractivity contribution in [3.8, 4) is 5.82 Å². The first-order chi connectivity index (χ1) is 20.9. The summed E-state index contributed by atoms with van der Waals surface area (Å²) in [6, 6.07) is 8.59. The molecule has 1 aromatic carbocycles. The highest BCUT2D eigenvalue weighted by Crippen LogP contribution is 2.30. The number of para-hydroxylation sites is 2. The molecule has 5 heterocycles. The molecule has 13 heteroatoms. The first kappa shape index (κ1) is 29.6. The maximum atomic E-state index is 14.2. The van der Waals surface area contributed by atoms with E-state index in [-0.39, 0.29) is 17.7 Å². The number of nitrogens with zero attached hydrogens (tertiary/aromatic N) is 7. The predicted molar refractivity (Wildman–Crippen MR) is 161 cm³/mol. The lowest BCUT2D eigenvalue weighted by Gasteiger charge is -2.42. The van der Waals surface area contributed by atoms with Crippen LogP contribution in [0.5, 0.6) is 0 Å². The largest absolute Gasteiger partial charge is 0.378 e. The number of amides is 1. The fourth-order valence-electron chi connectivity index (χ4n) is 6.52. The van der Waals surface area contributed by atoms with Crippen LogP contribution in [0.25, 0.3) is 16.9 Å². The molecule has 3 aliphatic heterocycles. The van der Waals surface area contributed by atoms with Gasteiger partial charge in [-0.05, 0) is 70.3 Å². The van der Waals surface area contributed by atoms with E-state index in [0.717, 1.165) is 45.3 Å². The van der Waals surface area contributed by atoms with Crippen molar-refractivity contribution in [3.63, 3.8) is 0 Å². The third-order valence-corrected chi connectivity index (χ3v) is 9.04. The van der Waals surface area contributed by atoms with Crippen LogP contribution in [0.1, 0.15) is 44.9 Å². The molecule has 3 aromatic rings. The first-order valence-electron chi connectivity index (χ1n) is 15.4. The van der Waals surface area contributed by atoms with Crippen LogP contribution < -0.4 is 16.0 Å². The Hall–Kier alpha value is -3.42. The van der Waals surface area contributed by atoms with Gasteiger partial charge in [-0.2, -0.15) is 9.97 Å². The van der Waals surface area contributed by atoms with Crippen LogP contribution in [-0.4, -0.2) is 106 Å². The molecule has 1 amide bonds. The average molecular weight is 598 g/mol. The summed E-state index contributed by atoms with van der Waals surface area (Å²) in [6.07, 6.45) is 1.39. The molecule has 3 N–H and O–H groups in total. The number of anilines is 2. The summed E-state index contributed by atoms with van der Waals surface area (Å²) in [5.41, 5.74) is 6.84. The summed E-state index contributed by atoms with van der Waals surface area (Å²) in [7, 11) is 0. The van der Waals surface area contributed by atoms with E-state index in [0.29, 0.717) is 68.2 Å². The zero-order chi connectivity index (χ0) is 29.9. The van der Waals surface area contributed by atoms with Gasteiger partial charge in [0.15, 0.2) is 5.82 Å². The second kappa shape index (κ2) is 13.1. The molecule has 0 bridgehead atoms. The number of fused-ring (bicyclic) bond motifs is 1. The number of ether oxygens (including phenoxy) is 1. The third kappa shape index (κ3) is 6.43. The Bertz CT molecular complexity index is 1400. The van der Waals surface area contributed by atoms with E-state index < -0.39 is 18.3 Å². The molecule has 6 rings (SSSR count). The van der Waals surface area contributed by atoms with Gasteiger partial charge < -0.3 is 30.5 Å². The molecule has 3 saturated heterocycles. The number of benzene rings is 1. The van der Waals surface area contributed by atoms with Crippen molar-refractivity contribution in [2.75, 3.05) is 69.2 Å². The highest BCUT2D eigenvalue weighted by molar-refractivity contribution is 5.84. The van der Waals surface area contributed by atoms with Crippen LogP contribution in [0, 0.1) is 5.92 Å². The van der Waals surface area contributed by atoms with Gasteiger partial charge in [0.2, 0.25) is 11.9 Å². The van der Waals surface area contributed by atoms with Gasteiger partial charge in [0.05, 0.1) is 24.2 Å². The molecule has 0 aliphatic carbocycles. The van der Waals surface area contributed by atoms with Crippen LogP contribution >= 0.6 is 0 Å². The maximum absolute atomic E-state index is 14.2. The Balaban J connectivity index is 1.20. The molecular weight excluding hydrogens is 556 g/mol. The lowest BCUT2D eigenvalue weighted by molar-refractivity contribution is -0.133. The SMILES string of the molecule is C[C@H](Nc1nc(N2CCOCC2)cc(-n2c(C(F)F)nc3ccccc32)n1)C(=O)N1CCC(N2CCC(CN)CC2)CC1. The van der Waals surface area contributed by atoms with Gasteiger partial charge in [0.1, 0.15) is 17.7 Å². The van der Waals surface area contributed by atoms with Gasteiger partial charge in [0.25, 0.3) is 6.43 Å². The number of rotatable bonds is 8. The van der Waals surface area contributed by atoms with Gasteiger partial charge >= 0.3 is 0 Å². The topological polar surface area (TPSA) is 118 Å². The Morgan fingerprint density at radius 1 is 1.00 bits per heavy atom. The number of morpholine rings is 1. The molecular formula is C30H41F2N9O2. The minimum Gasteiger partial charge on any atom is -0.378 e. The molecule has 2 aromatic heterocycles. The Kier molecular flexibility index (Phi) is 9.01. The van der Waals surface area contributed by atoms with E-state index in [2.05, 4.69) is 20.2 Å². The monoisotopic (exact) mass is 597 g/mol.